The molecule has 0 unspecified atom stereocenters. The van der Waals surface area contributed by atoms with Gasteiger partial charge in [-0.25, -0.2) is 4.98 Å². The molecule has 2 heterocycles. The van der Waals surface area contributed by atoms with E-state index in [1.54, 1.807) is 13.4 Å². The van der Waals surface area contributed by atoms with E-state index in [0.717, 1.165) is 21.5 Å². The molecule has 0 saturated carbocycles. The molecule has 2 aromatic heterocycles. The number of nitrogens with zero attached hydrogens (tertiary/aromatic N) is 1. The maximum atomic E-state index is 5.71. The second-order valence-corrected chi connectivity index (χ2v) is 4.62. The maximum Gasteiger partial charge on any atom is 0.181 e. The summed E-state index contributed by atoms with van der Waals surface area (Å²) in [6.07, 6.45) is 1.65. The van der Waals surface area contributed by atoms with Gasteiger partial charge in [0.15, 0.2) is 5.13 Å². The van der Waals surface area contributed by atoms with E-state index in [1.165, 1.54) is 11.3 Å². The quantitative estimate of drug-likeness (QED) is 0.754. The zero-order valence-corrected chi connectivity index (χ0v) is 9.95. The summed E-state index contributed by atoms with van der Waals surface area (Å²) in [6, 6.07) is 7.67. The Bertz CT molecular complexity index is 659. The minimum absolute atomic E-state index is 0.537. The van der Waals surface area contributed by atoms with Crippen molar-refractivity contribution in [1.29, 1.82) is 0 Å². The Kier molecular flexibility index (Phi) is 2.26. The van der Waals surface area contributed by atoms with Gasteiger partial charge < -0.3 is 14.9 Å². The van der Waals surface area contributed by atoms with Crippen molar-refractivity contribution in [3.8, 4) is 17.1 Å². The van der Waals surface area contributed by atoms with Gasteiger partial charge in [0.05, 0.1) is 18.1 Å². The number of furan rings is 1. The topological polar surface area (TPSA) is 61.3 Å². The molecule has 3 aromatic rings. The van der Waals surface area contributed by atoms with Crippen molar-refractivity contribution in [3.63, 3.8) is 0 Å². The SMILES string of the molecule is COc1cc(-c2ccco2)cc2sc(N)nc12. The number of thiazole rings is 1. The molecular formula is C12H10N2O2S. The number of hydrogen-bond donors (Lipinski definition) is 1. The van der Waals surface area contributed by atoms with E-state index in [2.05, 4.69) is 4.98 Å². The molecule has 0 amide bonds. The average Bonchev–Trinajstić information content (AvgIpc) is 2.94. The van der Waals surface area contributed by atoms with Crippen LogP contribution in [0.15, 0.2) is 34.9 Å². The summed E-state index contributed by atoms with van der Waals surface area (Å²) < 4.78 is 11.7. The lowest BCUT2D eigenvalue weighted by molar-refractivity contribution is 0.419. The number of hydrogen-bond acceptors (Lipinski definition) is 5. The third kappa shape index (κ3) is 1.64. The van der Waals surface area contributed by atoms with Crippen molar-refractivity contribution in [2.75, 3.05) is 12.8 Å². The number of rotatable bonds is 2. The van der Waals surface area contributed by atoms with E-state index < -0.39 is 0 Å². The van der Waals surface area contributed by atoms with E-state index in [1.807, 2.05) is 24.3 Å². The van der Waals surface area contributed by atoms with Gasteiger partial charge >= 0.3 is 0 Å². The predicted octanol–water partition coefficient (Wildman–Crippen LogP) is 3.15. The Morgan fingerprint density at radius 1 is 1.41 bits per heavy atom. The van der Waals surface area contributed by atoms with Crippen LogP contribution in [0, 0.1) is 0 Å². The highest BCUT2D eigenvalue weighted by Gasteiger charge is 2.11. The lowest BCUT2D eigenvalue weighted by Crippen LogP contribution is -1.86. The van der Waals surface area contributed by atoms with E-state index in [4.69, 9.17) is 14.9 Å². The summed E-state index contributed by atoms with van der Waals surface area (Å²) in [5, 5.41) is 0.537. The highest BCUT2D eigenvalue weighted by Crippen LogP contribution is 2.36. The van der Waals surface area contributed by atoms with Crippen LogP contribution in [-0.4, -0.2) is 12.1 Å². The molecule has 86 valence electrons. The summed E-state index contributed by atoms with van der Waals surface area (Å²) in [5.74, 6) is 1.51. The van der Waals surface area contributed by atoms with E-state index in [9.17, 15) is 0 Å². The van der Waals surface area contributed by atoms with E-state index >= 15 is 0 Å². The fraction of sp³-hybridized carbons (Fsp3) is 0.0833. The molecule has 4 nitrogen and oxygen atoms in total. The third-order valence-electron chi connectivity index (χ3n) is 2.50. The summed E-state index contributed by atoms with van der Waals surface area (Å²) in [7, 11) is 1.62. The molecule has 1 aromatic carbocycles. The Morgan fingerprint density at radius 2 is 2.29 bits per heavy atom. The number of aromatic nitrogens is 1. The van der Waals surface area contributed by atoms with Gasteiger partial charge in [-0.05, 0) is 24.3 Å². The predicted molar refractivity (Wildman–Crippen MR) is 68.3 cm³/mol. The van der Waals surface area contributed by atoms with E-state index in [0.29, 0.717) is 10.9 Å². The van der Waals surface area contributed by atoms with Crippen LogP contribution in [0.4, 0.5) is 5.13 Å². The maximum absolute atomic E-state index is 5.71. The van der Waals surface area contributed by atoms with Crippen LogP contribution >= 0.6 is 11.3 Å². The Morgan fingerprint density at radius 3 is 3.00 bits per heavy atom. The van der Waals surface area contributed by atoms with Gasteiger partial charge in [0.25, 0.3) is 0 Å². The molecular weight excluding hydrogens is 236 g/mol. The van der Waals surface area contributed by atoms with Crippen molar-refractivity contribution in [2.45, 2.75) is 0 Å². The van der Waals surface area contributed by atoms with Crippen LogP contribution in [0.5, 0.6) is 5.75 Å². The first kappa shape index (κ1) is 10.2. The molecule has 0 aliphatic rings. The van der Waals surface area contributed by atoms with Gasteiger partial charge in [0, 0.05) is 5.56 Å². The smallest absolute Gasteiger partial charge is 0.181 e. The van der Waals surface area contributed by atoms with Crippen LogP contribution in [0.3, 0.4) is 0 Å². The Labute approximate surface area is 102 Å². The Balaban J connectivity index is 2.28. The molecule has 0 atom stereocenters. The largest absolute Gasteiger partial charge is 0.494 e. The number of anilines is 1. The van der Waals surface area contributed by atoms with Gasteiger partial charge in [0.2, 0.25) is 0 Å². The molecule has 3 rings (SSSR count). The summed E-state index contributed by atoms with van der Waals surface area (Å²) in [5.41, 5.74) is 7.47. The molecule has 2 N–H and O–H groups in total. The van der Waals surface area contributed by atoms with Crippen molar-refractivity contribution in [3.05, 3.63) is 30.5 Å². The van der Waals surface area contributed by atoms with Crippen LogP contribution in [0.25, 0.3) is 21.5 Å². The fourth-order valence-electron chi connectivity index (χ4n) is 1.76. The molecule has 0 aliphatic heterocycles. The van der Waals surface area contributed by atoms with Gasteiger partial charge in [-0.15, -0.1) is 0 Å². The fourth-order valence-corrected chi connectivity index (χ4v) is 2.55. The number of methoxy groups -OCH3 is 1. The second kappa shape index (κ2) is 3.78. The zero-order valence-electron chi connectivity index (χ0n) is 9.14. The Hall–Kier alpha value is -2.01. The minimum atomic E-state index is 0.537. The lowest BCUT2D eigenvalue weighted by Gasteiger charge is -2.03. The monoisotopic (exact) mass is 246 g/mol. The summed E-state index contributed by atoms with van der Waals surface area (Å²) in [4.78, 5) is 4.25. The molecule has 0 fully saturated rings. The molecule has 0 saturated heterocycles. The second-order valence-electron chi connectivity index (χ2n) is 3.55. The lowest BCUT2D eigenvalue weighted by atomic mass is 10.1. The molecule has 0 bridgehead atoms. The van der Waals surface area contributed by atoms with Crippen LogP contribution in [0.1, 0.15) is 0 Å². The number of nitrogens with two attached hydrogens (primary N) is 1. The highest BCUT2D eigenvalue weighted by atomic mass is 32.1. The van der Waals surface area contributed by atoms with Crippen molar-refractivity contribution in [1.82, 2.24) is 4.98 Å². The number of fused-ring (bicyclic) bond motifs is 1. The van der Waals surface area contributed by atoms with Crippen molar-refractivity contribution >= 4 is 26.7 Å². The zero-order chi connectivity index (χ0) is 11.8. The molecule has 0 radical (unpaired) electrons. The number of ether oxygens (including phenoxy) is 1. The van der Waals surface area contributed by atoms with Crippen LogP contribution < -0.4 is 10.5 Å². The third-order valence-corrected chi connectivity index (χ3v) is 3.33. The molecule has 17 heavy (non-hydrogen) atoms. The standard InChI is InChI=1S/C12H10N2O2S/c1-15-9-5-7(8-3-2-4-16-8)6-10-11(9)14-12(13)17-10/h2-6H,1H3,(H2,13,14). The van der Waals surface area contributed by atoms with Gasteiger partial charge in [-0.2, -0.15) is 0 Å². The summed E-state index contributed by atoms with van der Waals surface area (Å²) >= 11 is 1.44. The first-order valence-corrected chi connectivity index (χ1v) is 5.87. The molecule has 0 spiro atoms. The average molecular weight is 246 g/mol. The first-order valence-electron chi connectivity index (χ1n) is 5.06. The van der Waals surface area contributed by atoms with Crippen LogP contribution in [-0.2, 0) is 0 Å². The van der Waals surface area contributed by atoms with Crippen LogP contribution in [0.2, 0.25) is 0 Å². The van der Waals surface area contributed by atoms with Gasteiger partial charge in [0.1, 0.15) is 17.0 Å². The highest BCUT2D eigenvalue weighted by molar-refractivity contribution is 7.22. The van der Waals surface area contributed by atoms with Crippen molar-refractivity contribution in [2.24, 2.45) is 0 Å². The van der Waals surface area contributed by atoms with Gasteiger partial charge in [-0.3, -0.25) is 0 Å². The first-order chi connectivity index (χ1) is 8.28. The van der Waals surface area contributed by atoms with Gasteiger partial charge in [-0.1, -0.05) is 11.3 Å². The molecule has 5 heteroatoms. The molecule has 0 aliphatic carbocycles. The minimum Gasteiger partial charge on any atom is -0.494 e. The summed E-state index contributed by atoms with van der Waals surface area (Å²) in [6.45, 7) is 0. The van der Waals surface area contributed by atoms with Crippen molar-refractivity contribution < 1.29 is 9.15 Å². The number of benzene rings is 1. The van der Waals surface area contributed by atoms with E-state index in [-0.39, 0.29) is 0 Å². The normalized spacial score (nSPS) is 10.9. The number of nitrogen functional groups attached to an aromatic ring is 1.